The van der Waals surface area contributed by atoms with Crippen molar-refractivity contribution in [1.29, 1.82) is 0 Å². The van der Waals surface area contributed by atoms with E-state index in [4.69, 9.17) is 4.74 Å². The van der Waals surface area contributed by atoms with Gasteiger partial charge in [-0.2, -0.15) is 0 Å². The highest BCUT2D eigenvalue weighted by Gasteiger charge is 2.22. The molecule has 1 atom stereocenters. The zero-order valence-electron chi connectivity index (χ0n) is 17.1. The second-order valence-corrected chi connectivity index (χ2v) is 8.17. The largest absolute Gasteiger partial charge is 0.497 e. The van der Waals surface area contributed by atoms with E-state index in [2.05, 4.69) is 27.2 Å². The number of hydrogen-bond donors (Lipinski definition) is 2. The third kappa shape index (κ3) is 6.76. The first kappa shape index (κ1) is 21.1. The number of benzene rings is 1. The maximum atomic E-state index is 12.2. The summed E-state index contributed by atoms with van der Waals surface area (Å²) in [6.07, 6.45) is 6.05. The number of carbonyl (C=O) groups excluding carboxylic acids is 1. The van der Waals surface area contributed by atoms with E-state index in [9.17, 15) is 9.90 Å². The van der Waals surface area contributed by atoms with Crippen LogP contribution in [0.2, 0.25) is 0 Å². The summed E-state index contributed by atoms with van der Waals surface area (Å²) in [5, 5.41) is 13.6. The number of β-amino-alcohol motifs (C(OH)–C–C–N with tert-alkyl or cyclic N) is 1. The van der Waals surface area contributed by atoms with Crippen molar-refractivity contribution in [2.45, 2.75) is 50.7 Å². The van der Waals surface area contributed by atoms with Crippen LogP contribution in [-0.4, -0.2) is 79.3 Å². The van der Waals surface area contributed by atoms with Gasteiger partial charge < -0.3 is 15.2 Å². The summed E-state index contributed by atoms with van der Waals surface area (Å²) in [6, 6.07) is 8.44. The maximum absolute atomic E-state index is 12.2. The number of nitrogens with zero attached hydrogens (tertiary/aromatic N) is 2. The van der Waals surface area contributed by atoms with Gasteiger partial charge in [-0.25, -0.2) is 0 Å². The van der Waals surface area contributed by atoms with E-state index < -0.39 is 0 Å². The molecule has 1 unspecified atom stereocenters. The number of piperazine rings is 1. The minimum absolute atomic E-state index is 0.167. The molecule has 6 heteroatoms. The molecule has 1 saturated carbocycles. The Hall–Kier alpha value is -1.63. The lowest BCUT2D eigenvalue weighted by molar-refractivity contribution is -0.123. The van der Waals surface area contributed by atoms with Gasteiger partial charge in [-0.3, -0.25) is 14.6 Å². The Morgan fingerprint density at radius 1 is 1.14 bits per heavy atom. The van der Waals surface area contributed by atoms with Gasteiger partial charge in [0.1, 0.15) is 5.75 Å². The van der Waals surface area contributed by atoms with Crippen molar-refractivity contribution in [2.75, 3.05) is 46.4 Å². The fourth-order valence-electron chi connectivity index (χ4n) is 4.19. The minimum atomic E-state index is -0.320. The Morgan fingerprint density at radius 2 is 1.79 bits per heavy atom. The van der Waals surface area contributed by atoms with Crippen molar-refractivity contribution in [3.63, 3.8) is 0 Å². The molecule has 1 amide bonds. The number of aryl methyl sites for hydroxylation is 1. The number of nitrogens with one attached hydrogen (secondary N) is 1. The lowest BCUT2D eigenvalue weighted by atomic mass is 10.1. The highest BCUT2D eigenvalue weighted by molar-refractivity contribution is 5.78. The second kappa shape index (κ2) is 10.8. The molecule has 156 valence electrons. The molecular formula is C22H35N3O3. The number of ether oxygens (including phenoxy) is 1. The first-order chi connectivity index (χ1) is 13.6. The highest BCUT2D eigenvalue weighted by Crippen LogP contribution is 2.17. The third-order valence-electron chi connectivity index (χ3n) is 5.95. The van der Waals surface area contributed by atoms with Gasteiger partial charge in [-0.1, -0.05) is 25.0 Å². The smallest absolute Gasteiger partial charge is 0.234 e. The topological polar surface area (TPSA) is 65.0 Å². The predicted octanol–water partition coefficient (Wildman–Crippen LogP) is 1.67. The molecule has 1 aliphatic heterocycles. The Labute approximate surface area is 168 Å². The minimum Gasteiger partial charge on any atom is -0.497 e. The Bertz CT molecular complexity index is 594. The molecule has 0 radical (unpaired) electrons. The molecule has 0 aromatic heterocycles. The van der Waals surface area contributed by atoms with Crippen molar-refractivity contribution >= 4 is 5.91 Å². The molecule has 1 aromatic rings. The number of rotatable bonds is 9. The van der Waals surface area contributed by atoms with Gasteiger partial charge in [-0.05, 0) is 43.4 Å². The van der Waals surface area contributed by atoms with Gasteiger partial charge in [-0.15, -0.1) is 0 Å². The van der Waals surface area contributed by atoms with Crippen molar-refractivity contribution in [1.82, 2.24) is 15.1 Å². The second-order valence-electron chi connectivity index (χ2n) is 8.17. The summed E-state index contributed by atoms with van der Waals surface area (Å²) in [7, 11) is 1.67. The first-order valence-electron chi connectivity index (χ1n) is 10.7. The molecule has 2 aliphatic rings. The van der Waals surface area contributed by atoms with Crippen molar-refractivity contribution in [2.24, 2.45) is 0 Å². The molecule has 1 aliphatic carbocycles. The van der Waals surface area contributed by atoms with E-state index >= 15 is 0 Å². The van der Waals surface area contributed by atoms with Gasteiger partial charge in [0.05, 0.1) is 19.8 Å². The van der Waals surface area contributed by atoms with E-state index in [1.54, 1.807) is 7.11 Å². The van der Waals surface area contributed by atoms with Crippen LogP contribution in [0.25, 0.3) is 0 Å². The summed E-state index contributed by atoms with van der Waals surface area (Å²) in [6.45, 7) is 4.82. The van der Waals surface area contributed by atoms with E-state index in [0.29, 0.717) is 19.1 Å². The van der Waals surface area contributed by atoms with Crippen LogP contribution in [0.3, 0.4) is 0 Å². The standard InChI is InChI=1S/C22H35N3O3/c1-28-21-10-7-18(8-11-21)6-9-20(26)16-24-12-14-25(15-13-24)17-22(27)23-19-4-2-3-5-19/h7-8,10-11,19-20,26H,2-6,9,12-17H2,1H3,(H,23,27). The zero-order valence-corrected chi connectivity index (χ0v) is 17.1. The quantitative estimate of drug-likeness (QED) is 0.673. The SMILES string of the molecule is COc1ccc(CCC(O)CN2CCN(CC(=O)NC3CCCC3)CC2)cc1. The van der Waals surface area contributed by atoms with Gasteiger partial charge in [0, 0.05) is 38.8 Å². The average Bonchev–Trinajstić information content (AvgIpc) is 3.21. The molecule has 0 spiro atoms. The summed E-state index contributed by atoms with van der Waals surface area (Å²) >= 11 is 0. The Kier molecular flexibility index (Phi) is 8.13. The van der Waals surface area contributed by atoms with Gasteiger partial charge in [0.25, 0.3) is 0 Å². The average molecular weight is 390 g/mol. The molecule has 1 saturated heterocycles. The van der Waals surface area contributed by atoms with E-state index in [-0.39, 0.29) is 12.0 Å². The van der Waals surface area contributed by atoms with Crippen LogP contribution in [0.5, 0.6) is 5.75 Å². The summed E-state index contributed by atoms with van der Waals surface area (Å²) in [5.74, 6) is 1.03. The Balaban J connectivity index is 1.30. The molecule has 6 nitrogen and oxygen atoms in total. The van der Waals surface area contributed by atoms with Crippen molar-refractivity contribution < 1.29 is 14.6 Å². The fraction of sp³-hybridized carbons (Fsp3) is 0.682. The van der Waals surface area contributed by atoms with Crippen LogP contribution in [0.1, 0.15) is 37.7 Å². The monoisotopic (exact) mass is 389 g/mol. The summed E-state index contributed by atoms with van der Waals surface area (Å²) < 4.78 is 5.18. The Morgan fingerprint density at radius 3 is 2.43 bits per heavy atom. The van der Waals surface area contributed by atoms with Crippen LogP contribution in [0.4, 0.5) is 0 Å². The van der Waals surface area contributed by atoms with Gasteiger partial charge in [0.2, 0.25) is 5.91 Å². The van der Waals surface area contributed by atoms with Crippen molar-refractivity contribution in [3.8, 4) is 5.75 Å². The summed E-state index contributed by atoms with van der Waals surface area (Å²) in [5.41, 5.74) is 1.22. The third-order valence-corrected chi connectivity index (χ3v) is 5.95. The lowest BCUT2D eigenvalue weighted by Gasteiger charge is -2.35. The van der Waals surface area contributed by atoms with E-state index in [1.807, 2.05) is 12.1 Å². The number of amides is 1. The molecule has 2 fully saturated rings. The predicted molar refractivity (Wildman–Crippen MR) is 111 cm³/mol. The highest BCUT2D eigenvalue weighted by atomic mass is 16.5. The number of aliphatic hydroxyl groups is 1. The molecule has 2 N–H and O–H groups in total. The van der Waals surface area contributed by atoms with Crippen LogP contribution in [0, 0.1) is 0 Å². The first-order valence-corrected chi connectivity index (χ1v) is 10.7. The molecule has 0 bridgehead atoms. The molecule has 1 aromatic carbocycles. The zero-order chi connectivity index (χ0) is 19.8. The normalized spacial score (nSPS) is 20.2. The van der Waals surface area contributed by atoms with Crippen LogP contribution in [-0.2, 0) is 11.2 Å². The van der Waals surface area contributed by atoms with Gasteiger partial charge >= 0.3 is 0 Å². The number of methoxy groups -OCH3 is 1. The van der Waals surface area contributed by atoms with E-state index in [1.165, 1.54) is 18.4 Å². The van der Waals surface area contributed by atoms with Gasteiger partial charge in [0.15, 0.2) is 0 Å². The molecular weight excluding hydrogens is 354 g/mol. The maximum Gasteiger partial charge on any atom is 0.234 e. The fourth-order valence-corrected chi connectivity index (χ4v) is 4.19. The number of carbonyl (C=O) groups is 1. The lowest BCUT2D eigenvalue weighted by Crippen LogP contribution is -2.51. The van der Waals surface area contributed by atoms with Crippen LogP contribution in [0.15, 0.2) is 24.3 Å². The van der Waals surface area contributed by atoms with E-state index in [0.717, 1.165) is 57.6 Å². The molecule has 1 heterocycles. The number of hydrogen-bond acceptors (Lipinski definition) is 5. The van der Waals surface area contributed by atoms with Crippen LogP contribution >= 0.6 is 0 Å². The molecule has 28 heavy (non-hydrogen) atoms. The van der Waals surface area contributed by atoms with Crippen molar-refractivity contribution in [3.05, 3.63) is 29.8 Å². The van der Waals surface area contributed by atoms with Crippen LogP contribution < -0.4 is 10.1 Å². The summed E-state index contributed by atoms with van der Waals surface area (Å²) in [4.78, 5) is 16.7. The number of aliphatic hydroxyl groups excluding tert-OH is 1. The molecule has 3 rings (SSSR count).